The van der Waals surface area contributed by atoms with Crippen LogP contribution in [-0.4, -0.2) is 35.1 Å². The largest absolute Gasteiger partial charge is 0.395 e. The average Bonchev–Trinajstić information content (AvgIpc) is 2.72. The van der Waals surface area contributed by atoms with Gasteiger partial charge >= 0.3 is 0 Å². The SMILES string of the molecule is O=C(c1sc2cc(Cl)ccc2c1Cl)N(CCO)C1CCC1. The zero-order valence-electron chi connectivity index (χ0n) is 11.3. The number of amides is 1. The van der Waals surface area contributed by atoms with Gasteiger partial charge in [-0.15, -0.1) is 11.3 Å². The molecule has 0 bridgehead atoms. The van der Waals surface area contributed by atoms with Gasteiger partial charge in [-0.3, -0.25) is 4.79 Å². The Labute approximate surface area is 137 Å². The number of aliphatic hydroxyl groups excluding tert-OH is 1. The van der Waals surface area contributed by atoms with E-state index in [4.69, 9.17) is 23.2 Å². The monoisotopic (exact) mass is 343 g/mol. The Morgan fingerprint density at radius 3 is 2.76 bits per heavy atom. The maximum Gasteiger partial charge on any atom is 0.265 e. The number of halogens is 2. The number of thiophene rings is 1. The van der Waals surface area contributed by atoms with Gasteiger partial charge in [0.1, 0.15) is 4.88 Å². The maximum atomic E-state index is 12.8. The lowest BCUT2D eigenvalue weighted by Gasteiger charge is -2.37. The molecular formula is C15H15Cl2NO2S. The van der Waals surface area contributed by atoms with Crippen LogP contribution in [-0.2, 0) is 0 Å². The van der Waals surface area contributed by atoms with Gasteiger partial charge < -0.3 is 10.0 Å². The zero-order chi connectivity index (χ0) is 15.0. The van der Waals surface area contributed by atoms with Crippen LogP contribution in [0.15, 0.2) is 18.2 Å². The Kier molecular flexibility index (Phi) is 4.41. The van der Waals surface area contributed by atoms with Crippen molar-refractivity contribution < 1.29 is 9.90 Å². The van der Waals surface area contributed by atoms with Crippen molar-refractivity contribution in [1.82, 2.24) is 4.90 Å². The van der Waals surface area contributed by atoms with Crippen LogP contribution in [0.25, 0.3) is 10.1 Å². The van der Waals surface area contributed by atoms with E-state index in [0.29, 0.717) is 21.5 Å². The molecule has 1 aromatic carbocycles. The smallest absolute Gasteiger partial charge is 0.265 e. The minimum atomic E-state index is -0.0870. The van der Waals surface area contributed by atoms with Crippen LogP contribution in [0.5, 0.6) is 0 Å². The number of benzene rings is 1. The molecular weight excluding hydrogens is 329 g/mol. The molecule has 6 heteroatoms. The Morgan fingerprint density at radius 1 is 1.38 bits per heavy atom. The standard InChI is InChI=1S/C15H15Cl2NO2S/c16-9-4-5-11-12(8-9)21-14(13(11)17)15(20)18(6-7-19)10-2-1-3-10/h4-5,8,10,19H,1-3,6-7H2. The van der Waals surface area contributed by atoms with Gasteiger partial charge in [0.05, 0.1) is 11.6 Å². The summed E-state index contributed by atoms with van der Waals surface area (Å²) < 4.78 is 0.911. The first-order chi connectivity index (χ1) is 10.1. The van der Waals surface area contributed by atoms with E-state index in [1.165, 1.54) is 11.3 Å². The van der Waals surface area contributed by atoms with Crippen LogP contribution in [0.3, 0.4) is 0 Å². The van der Waals surface area contributed by atoms with Gasteiger partial charge in [0.2, 0.25) is 0 Å². The second kappa shape index (κ2) is 6.13. The summed E-state index contributed by atoms with van der Waals surface area (Å²) in [6.45, 7) is 0.325. The topological polar surface area (TPSA) is 40.5 Å². The summed E-state index contributed by atoms with van der Waals surface area (Å²) in [5.41, 5.74) is 0. The number of rotatable bonds is 4. The van der Waals surface area contributed by atoms with E-state index in [1.807, 2.05) is 12.1 Å². The summed E-state index contributed by atoms with van der Waals surface area (Å²) in [6, 6.07) is 5.67. The predicted molar refractivity (Wildman–Crippen MR) is 87.6 cm³/mol. The molecule has 2 aromatic rings. The third kappa shape index (κ3) is 2.78. The van der Waals surface area contributed by atoms with Gasteiger partial charge in [-0.25, -0.2) is 0 Å². The molecule has 0 saturated heterocycles. The van der Waals surface area contributed by atoms with Crippen molar-refractivity contribution in [2.75, 3.05) is 13.2 Å². The number of hydrogen-bond donors (Lipinski definition) is 1. The molecule has 0 atom stereocenters. The van der Waals surface area contributed by atoms with Crippen molar-refractivity contribution in [2.24, 2.45) is 0 Å². The molecule has 21 heavy (non-hydrogen) atoms. The van der Waals surface area contributed by atoms with Crippen molar-refractivity contribution in [3.05, 3.63) is 33.1 Å². The fourth-order valence-corrected chi connectivity index (χ4v) is 4.31. The Morgan fingerprint density at radius 2 is 2.14 bits per heavy atom. The Bertz CT molecular complexity index is 682. The lowest BCUT2D eigenvalue weighted by Crippen LogP contribution is -2.45. The van der Waals surface area contributed by atoms with Gasteiger partial charge in [-0.1, -0.05) is 29.3 Å². The molecule has 1 heterocycles. The van der Waals surface area contributed by atoms with Crippen LogP contribution >= 0.6 is 34.5 Å². The summed E-state index contributed by atoms with van der Waals surface area (Å²) in [6.07, 6.45) is 3.13. The molecule has 0 aliphatic heterocycles. The summed E-state index contributed by atoms with van der Waals surface area (Å²) in [4.78, 5) is 15.0. The van der Waals surface area contributed by atoms with Crippen LogP contribution in [0, 0.1) is 0 Å². The highest BCUT2D eigenvalue weighted by Crippen LogP contribution is 2.38. The number of carbonyl (C=O) groups is 1. The van der Waals surface area contributed by atoms with E-state index in [-0.39, 0.29) is 18.6 Å². The third-order valence-corrected chi connectivity index (χ3v) is 5.78. The fourth-order valence-electron chi connectivity index (χ4n) is 2.56. The minimum Gasteiger partial charge on any atom is -0.395 e. The second-order valence-electron chi connectivity index (χ2n) is 5.19. The number of aliphatic hydroxyl groups is 1. The molecule has 1 fully saturated rings. The molecule has 3 rings (SSSR count). The number of carbonyl (C=O) groups excluding carboxylic acids is 1. The lowest BCUT2D eigenvalue weighted by atomic mass is 9.91. The van der Waals surface area contributed by atoms with E-state index < -0.39 is 0 Å². The van der Waals surface area contributed by atoms with E-state index >= 15 is 0 Å². The molecule has 1 saturated carbocycles. The Hall–Kier alpha value is -0.810. The van der Waals surface area contributed by atoms with Crippen LogP contribution in [0.2, 0.25) is 10.0 Å². The van der Waals surface area contributed by atoms with Gasteiger partial charge in [0, 0.05) is 27.7 Å². The average molecular weight is 344 g/mol. The third-order valence-electron chi connectivity index (χ3n) is 3.90. The van der Waals surface area contributed by atoms with Crippen molar-refractivity contribution in [3.63, 3.8) is 0 Å². The summed E-state index contributed by atoms with van der Waals surface area (Å²) in [7, 11) is 0. The predicted octanol–water partition coefficient (Wildman–Crippen LogP) is 4.20. The highest BCUT2D eigenvalue weighted by atomic mass is 35.5. The van der Waals surface area contributed by atoms with Gasteiger partial charge in [-0.05, 0) is 31.4 Å². The molecule has 1 N–H and O–H groups in total. The number of fused-ring (bicyclic) bond motifs is 1. The normalized spacial score (nSPS) is 15.2. The molecule has 1 aromatic heterocycles. The molecule has 1 aliphatic carbocycles. The molecule has 1 aliphatic rings. The molecule has 0 radical (unpaired) electrons. The van der Waals surface area contributed by atoms with E-state index in [1.54, 1.807) is 11.0 Å². The first kappa shape index (κ1) is 15.1. The zero-order valence-corrected chi connectivity index (χ0v) is 13.6. The second-order valence-corrected chi connectivity index (χ2v) is 7.06. The number of nitrogens with zero attached hydrogens (tertiary/aromatic N) is 1. The molecule has 1 amide bonds. The minimum absolute atomic E-state index is 0.0312. The number of hydrogen-bond acceptors (Lipinski definition) is 3. The molecule has 112 valence electrons. The van der Waals surface area contributed by atoms with Crippen molar-refractivity contribution in [3.8, 4) is 0 Å². The van der Waals surface area contributed by atoms with E-state index in [9.17, 15) is 9.90 Å². The summed E-state index contributed by atoms with van der Waals surface area (Å²) in [5, 5.41) is 11.2. The highest BCUT2D eigenvalue weighted by molar-refractivity contribution is 7.21. The van der Waals surface area contributed by atoms with Crippen LogP contribution in [0.1, 0.15) is 28.9 Å². The van der Waals surface area contributed by atoms with E-state index in [2.05, 4.69) is 0 Å². The molecule has 0 unspecified atom stereocenters. The first-order valence-corrected chi connectivity index (χ1v) is 8.48. The van der Waals surface area contributed by atoms with Crippen molar-refractivity contribution in [2.45, 2.75) is 25.3 Å². The summed E-state index contributed by atoms with van der Waals surface area (Å²) >= 11 is 13.7. The first-order valence-electron chi connectivity index (χ1n) is 6.91. The molecule has 3 nitrogen and oxygen atoms in total. The summed E-state index contributed by atoms with van der Waals surface area (Å²) in [5.74, 6) is -0.0870. The van der Waals surface area contributed by atoms with Crippen molar-refractivity contribution >= 4 is 50.5 Å². The van der Waals surface area contributed by atoms with Crippen molar-refractivity contribution in [1.29, 1.82) is 0 Å². The van der Waals surface area contributed by atoms with Crippen LogP contribution < -0.4 is 0 Å². The lowest BCUT2D eigenvalue weighted by molar-refractivity contribution is 0.0531. The fraction of sp³-hybridized carbons (Fsp3) is 0.400. The quantitative estimate of drug-likeness (QED) is 0.903. The van der Waals surface area contributed by atoms with Crippen LogP contribution in [0.4, 0.5) is 0 Å². The van der Waals surface area contributed by atoms with Gasteiger partial charge in [0.25, 0.3) is 5.91 Å². The Balaban J connectivity index is 1.97. The van der Waals surface area contributed by atoms with E-state index in [0.717, 1.165) is 29.3 Å². The highest BCUT2D eigenvalue weighted by Gasteiger charge is 2.31. The van der Waals surface area contributed by atoms with Gasteiger partial charge in [0.15, 0.2) is 0 Å². The van der Waals surface area contributed by atoms with Gasteiger partial charge in [-0.2, -0.15) is 0 Å². The maximum absolute atomic E-state index is 12.8. The molecule has 0 spiro atoms.